The quantitative estimate of drug-likeness (QED) is 0.182. The van der Waals surface area contributed by atoms with Crippen LogP contribution in [0.5, 0.6) is 5.75 Å². The lowest BCUT2D eigenvalue weighted by atomic mass is 9.69. The first kappa shape index (κ1) is 27.6. The average molecular weight is 569 g/mol. The van der Waals surface area contributed by atoms with Gasteiger partial charge >= 0.3 is 6.09 Å². The third kappa shape index (κ3) is 3.84. The monoisotopic (exact) mass is 568 g/mol. The molecule has 5 N–H and O–H groups in total. The molecule has 1 fully saturated rings. The summed E-state index contributed by atoms with van der Waals surface area (Å²) in [6, 6.07) is 4.98. The van der Waals surface area contributed by atoms with Crippen LogP contribution < -0.4 is 10.6 Å². The summed E-state index contributed by atoms with van der Waals surface area (Å²) >= 11 is 0. The van der Waals surface area contributed by atoms with Crippen molar-refractivity contribution < 1.29 is 39.2 Å². The van der Waals surface area contributed by atoms with Crippen LogP contribution in [0.4, 0.5) is 10.5 Å². The Balaban J connectivity index is 1.45. The predicted octanol–water partition coefficient (Wildman–Crippen LogP) is 2.27. The summed E-state index contributed by atoms with van der Waals surface area (Å²) < 4.78 is 11.4. The van der Waals surface area contributed by atoms with Gasteiger partial charge in [0.05, 0.1) is 22.9 Å². The average Bonchev–Trinajstić information content (AvgIpc) is 3.65. The number of aliphatic hydroxyl groups is 2. The van der Waals surface area contributed by atoms with Crippen LogP contribution in [0.15, 0.2) is 36.4 Å². The number of fused-ring (bicyclic) bond motifs is 4. The number of amides is 1. The number of ketones is 2. The summed E-state index contributed by atoms with van der Waals surface area (Å²) in [6.07, 6.45) is -0.260. The Bertz CT molecular complexity index is 1750. The number of benzene rings is 2. The smallest absolute Gasteiger partial charge is 0.407 e. The Morgan fingerprint density at radius 2 is 1.81 bits per heavy atom. The molecule has 5 atom stereocenters. The highest BCUT2D eigenvalue weighted by Gasteiger charge is 2.82. The van der Waals surface area contributed by atoms with Gasteiger partial charge < -0.3 is 35.4 Å². The van der Waals surface area contributed by atoms with Crippen molar-refractivity contribution in [3.05, 3.63) is 69.8 Å². The number of phenols is 1. The number of phenolic OH excluding ortho intramolecular Hbond substituents is 1. The van der Waals surface area contributed by atoms with E-state index in [0.29, 0.717) is 5.56 Å². The third-order valence-electron chi connectivity index (χ3n) is 7.86. The van der Waals surface area contributed by atoms with Crippen molar-refractivity contribution in [1.29, 1.82) is 0 Å². The molecule has 0 aromatic heterocycles. The molecule has 1 saturated heterocycles. The maximum atomic E-state index is 14.0. The van der Waals surface area contributed by atoms with Crippen LogP contribution >= 0.6 is 0 Å². The number of nitrogens with one attached hydrogen (secondary N) is 2. The molecule has 10 nitrogen and oxygen atoms in total. The SMILES string of the molecule is C[C@@H](O)[C@@]12O[C@]13c1cc(O)c4c(c1N[C@H]2C#C/C=C\C#C[C@H]3O)C(=O)c1ccc(CNC(=O)OC(C)(C)C)cc1C4=O. The molecule has 0 radical (unpaired) electrons. The molecule has 0 spiro atoms. The number of carbonyl (C=O) groups excluding carboxylic acids is 3. The fraction of sp³-hybridized carbons (Fsp3) is 0.344. The normalized spacial score (nSPS) is 27.6. The van der Waals surface area contributed by atoms with E-state index in [1.807, 2.05) is 0 Å². The van der Waals surface area contributed by atoms with E-state index in [0.717, 1.165) is 0 Å². The number of aliphatic hydroxyl groups excluding tert-OH is 2. The van der Waals surface area contributed by atoms with E-state index in [1.54, 1.807) is 26.8 Å². The maximum Gasteiger partial charge on any atom is 0.407 e. The van der Waals surface area contributed by atoms with Gasteiger partial charge in [-0.15, -0.1) is 0 Å². The number of epoxide rings is 1. The molecular formula is C32H28N2O8. The molecule has 10 heteroatoms. The first-order valence-electron chi connectivity index (χ1n) is 13.4. The lowest BCUT2D eigenvalue weighted by Crippen LogP contribution is -2.54. The van der Waals surface area contributed by atoms with Gasteiger partial charge in [-0.05, 0) is 63.6 Å². The zero-order chi connectivity index (χ0) is 30.2. The largest absolute Gasteiger partial charge is 0.507 e. The molecular weight excluding hydrogens is 540 g/mol. The number of aromatic hydroxyl groups is 1. The van der Waals surface area contributed by atoms with E-state index < -0.39 is 58.5 Å². The highest BCUT2D eigenvalue weighted by molar-refractivity contribution is 6.31. The molecule has 2 aliphatic carbocycles. The summed E-state index contributed by atoms with van der Waals surface area (Å²) in [5.74, 6) is 9.62. The van der Waals surface area contributed by atoms with Gasteiger partial charge in [0.25, 0.3) is 0 Å². The van der Waals surface area contributed by atoms with Gasteiger partial charge in [-0.2, -0.15) is 0 Å². The lowest BCUT2D eigenvalue weighted by Gasteiger charge is -2.37. The molecule has 1 amide bonds. The summed E-state index contributed by atoms with van der Waals surface area (Å²) in [4.78, 5) is 39.9. The number of hydrogen-bond donors (Lipinski definition) is 5. The van der Waals surface area contributed by atoms with Crippen LogP contribution in [0.25, 0.3) is 0 Å². The van der Waals surface area contributed by atoms with Crippen molar-refractivity contribution >= 4 is 23.3 Å². The number of hydrogen-bond acceptors (Lipinski definition) is 9. The molecule has 2 aromatic carbocycles. The Morgan fingerprint density at radius 3 is 2.50 bits per heavy atom. The Morgan fingerprint density at radius 1 is 1.12 bits per heavy atom. The second-order valence-electron chi connectivity index (χ2n) is 11.7. The van der Waals surface area contributed by atoms with Crippen molar-refractivity contribution in [2.75, 3.05) is 5.32 Å². The van der Waals surface area contributed by atoms with Crippen molar-refractivity contribution in [2.45, 2.75) is 69.3 Å². The van der Waals surface area contributed by atoms with Gasteiger partial charge in [-0.25, -0.2) is 4.79 Å². The first-order chi connectivity index (χ1) is 19.8. The highest BCUT2D eigenvalue weighted by Crippen LogP contribution is 2.67. The molecule has 0 unspecified atom stereocenters. The summed E-state index contributed by atoms with van der Waals surface area (Å²) in [5, 5.41) is 39.1. The summed E-state index contributed by atoms with van der Waals surface area (Å²) in [7, 11) is 0. The zero-order valence-electron chi connectivity index (χ0n) is 23.3. The number of rotatable bonds is 3. The van der Waals surface area contributed by atoms with E-state index >= 15 is 0 Å². The fourth-order valence-electron chi connectivity index (χ4n) is 6.09. The molecule has 214 valence electrons. The minimum atomic E-state index is -1.63. The molecule has 2 aromatic rings. The third-order valence-corrected chi connectivity index (χ3v) is 7.86. The molecule has 0 saturated carbocycles. The number of anilines is 1. The second-order valence-corrected chi connectivity index (χ2v) is 11.7. The topological polar surface area (TPSA) is 158 Å². The van der Waals surface area contributed by atoms with E-state index in [-0.39, 0.29) is 40.0 Å². The molecule has 2 heterocycles. The molecule has 2 bridgehead atoms. The highest BCUT2D eigenvalue weighted by atomic mass is 16.7. The number of ether oxygens (including phenoxy) is 2. The van der Waals surface area contributed by atoms with Crippen LogP contribution in [0.3, 0.4) is 0 Å². The molecule has 2 aliphatic heterocycles. The Hall–Kier alpha value is -4.61. The zero-order valence-corrected chi connectivity index (χ0v) is 23.3. The van der Waals surface area contributed by atoms with E-state index in [2.05, 4.69) is 34.3 Å². The van der Waals surface area contributed by atoms with E-state index in [1.165, 1.54) is 37.3 Å². The second kappa shape index (κ2) is 9.20. The van der Waals surface area contributed by atoms with Crippen LogP contribution in [-0.4, -0.2) is 62.4 Å². The van der Waals surface area contributed by atoms with Crippen LogP contribution in [0.1, 0.15) is 70.7 Å². The maximum absolute atomic E-state index is 14.0. The van der Waals surface area contributed by atoms with Crippen molar-refractivity contribution in [3.8, 4) is 29.4 Å². The van der Waals surface area contributed by atoms with Gasteiger partial charge in [0.15, 0.2) is 28.9 Å². The standard InChI is InChI=1S/C32H28N2O8/c1-16(35)31-22-9-7-5-6-8-10-23(37)32(31,42-31)20-14-21(36)24-25(26(20)34-22)27(38)18-12-11-17(13-19(18)28(24)39)15-33-29(40)41-30(2,3)4/h5-6,11-14,16,22-23,34-37H,15H2,1-4H3,(H,33,40)/b6-5-/t16-,22+,23-,31+,32+/m1/s1. The predicted molar refractivity (Wildman–Crippen MR) is 150 cm³/mol. The van der Waals surface area contributed by atoms with Gasteiger partial charge in [-0.3, -0.25) is 9.59 Å². The minimum absolute atomic E-state index is 0.0449. The Kier molecular flexibility index (Phi) is 6.03. The van der Waals surface area contributed by atoms with Gasteiger partial charge in [0.1, 0.15) is 17.4 Å². The molecule has 6 rings (SSSR count). The molecule has 42 heavy (non-hydrogen) atoms. The fourth-order valence-corrected chi connectivity index (χ4v) is 6.09. The van der Waals surface area contributed by atoms with Crippen LogP contribution in [0.2, 0.25) is 0 Å². The van der Waals surface area contributed by atoms with E-state index in [9.17, 15) is 29.7 Å². The van der Waals surface area contributed by atoms with Gasteiger partial charge in [-0.1, -0.05) is 29.7 Å². The lowest BCUT2D eigenvalue weighted by molar-refractivity contribution is 0.0523. The van der Waals surface area contributed by atoms with Crippen molar-refractivity contribution in [1.82, 2.24) is 5.32 Å². The molecule has 4 aliphatic rings. The van der Waals surface area contributed by atoms with Crippen LogP contribution in [-0.2, 0) is 21.6 Å². The first-order valence-corrected chi connectivity index (χ1v) is 13.4. The number of allylic oxidation sites excluding steroid dienone is 2. The van der Waals surface area contributed by atoms with Crippen molar-refractivity contribution in [2.24, 2.45) is 0 Å². The number of alkyl carbamates (subject to hydrolysis) is 1. The number of carbonyl (C=O) groups is 3. The van der Waals surface area contributed by atoms with Crippen LogP contribution in [0, 0.1) is 23.7 Å². The van der Waals surface area contributed by atoms with Gasteiger partial charge in [0, 0.05) is 23.2 Å². The summed E-state index contributed by atoms with van der Waals surface area (Å²) in [5.41, 5.74) is -2.98. The van der Waals surface area contributed by atoms with E-state index in [4.69, 9.17) is 9.47 Å². The summed E-state index contributed by atoms with van der Waals surface area (Å²) in [6.45, 7) is 6.77. The Labute approximate surface area is 241 Å². The minimum Gasteiger partial charge on any atom is -0.507 e. The van der Waals surface area contributed by atoms with Crippen molar-refractivity contribution in [3.63, 3.8) is 0 Å². The van der Waals surface area contributed by atoms with Gasteiger partial charge in [0.2, 0.25) is 0 Å².